The standard InChI is InChI=1S/C29H24N2OS.C2H4O2/c1-32-27-20-12-11-19-25(27)26-21-33-28(30-26)31-29(22-13-5-2-6-14-22,23-15-7-3-8-16-23)24-17-9-4-10-18-24;1-2(3)4/h2-21H,1H3,(H,30,31);1H3,(H,3,4). The number of anilines is 1. The molecule has 0 amide bonds. The van der Waals surface area contributed by atoms with Crippen LogP contribution < -0.4 is 10.1 Å². The first-order valence-corrected chi connectivity index (χ1v) is 12.7. The van der Waals surface area contributed by atoms with E-state index in [0.717, 1.165) is 45.8 Å². The van der Waals surface area contributed by atoms with E-state index in [4.69, 9.17) is 19.6 Å². The normalized spacial score (nSPS) is 10.6. The summed E-state index contributed by atoms with van der Waals surface area (Å²) in [5.41, 5.74) is 4.72. The molecule has 0 atom stereocenters. The fourth-order valence-corrected chi connectivity index (χ4v) is 5.02. The predicted molar refractivity (Wildman–Crippen MR) is 150 cm³/mol. The van der Waals surface area contributed by atoms with Crippen molar-refractivity contribution in [3.8, 4) is 17.0 Å². The molecule has 0 fully saturated rings. The Morgan fingerprint density at radius 1 is 0.784 bits per heavy atom. The van der Waals surface area contributed by atoms with E-state index in [1.165, 1.54) is 0 Å². The smallest absolute Gasteiger partial charge is 0.300 e. The number of carbonyl (C=O) groups is 1. The molecule has 2 N–H and O–H groups in total. The summed E-state index contributed by atoms with van der Waals surface area (Å²) >= 11 is 1.60. The summed E-state index contributed by atoms with van der Waals surface area (Å²) in [6.45, 7) is 1.08. The lowest BCUT2D eigenvalue weighted by Crippen LogP contribution is -2.38. The van der Waals surface area contributed by atoms with Crippen LogP contribution in [0.2, 0.25) is 0 Å². The van der Waals surface area contributed by atoms with Gasteiger partial charge in [-0.25, -0.2) is 4.98 Å². The molecule has 6 heteroatoms. The minimum Gasteiger partial charge on any atom is -0.496 e. The number of ether oxygens (including phenoxy) is 1. The zero-order chi connectivity index (χ0) is 26.1. The number of carboxylic acid groups (broad SMARTS) is 1. The topological polar surface area (TPSA) is 71.5 Å². The van der Waals surface area contributed by atoms with Gasteiger partial charge in [-0.1, -0.05) is 103 Å². The van der Waals surface area contributed by atoms with E-state index in [9.17, 15) is 0 Å². The molecule has 0 aliphatic heterocycles. The van der Waals surface area contributed by atoms with Crippen LogP contribution in [0.3, 0.4) is 0 Å². The summed E-state index contributed by atoms with van der Waals surface area (Å²) in [5, 5.41) is 14.2. The third kappa shape index (κ3) is 5.88. The molecule has 0 spiro atoms. The number of hydrogen-bond acceptors (Lipinski definition) is 5. The van der Waals surface area contributed by atoms with Crippen LogP contribution >= 0.6 is 11.3 Å². The van der Waals surface area contributed by atoms with Gasteiger partial charge in [0.1, 0.15) is 11.3 Å². The first-order valence-electron chi connectivity index (χ1n) is 11.8. The number of aromatic nitrogens is 1. The number of para-hydroxylation sites is 1. The summed E-state index contributed by atoms with van der Waals surface area (Å²) in [6, 6.07) is 39.6. The van der Waals surface area contributed by atoms with E-state index < -0.39 is 11.5 Å². The summed E-state index contributed by atoms with van der Waals surface area (Å²) in [5.74, 6) is -0.0187. The fourth-order valence-electron chi connectivity index (χ4n) is 4.25. The van der Waals surface area contributed by atoms with Gasteiger partial charge in [0, 0.05) is 17.9 Å². The molecule has 1 aromatic heterocycles. The van der Waals surface area contributed by atoms with Crippen molar-refractivity contribution < 1.29 is 14.6 Å². The van der Waals surface area contributed by atoms with Crippen molar-refractivity contribution in [3.63, 3.8) is 0 Å². The minimum absolute atomic E-state index is 0.598. The number of rotatable bonds is 7. The van der Waals surface area contributed by atoms with Crippen LogP contribution in [0.5, 0.6) is 5.75 Å². The van der Waals surface area contributed by atoms with Crippen LogP contribution in [-0.2, 0) is 10.3 Å². The van der Waals surface area contributed by atoms with Gasteiger partial charge in [0.05, 0.1) is 12.8 Å². The maximum atomic E-state index is 9.00. The van der Waals surface area contributed by atoms with E-state index in [-0.39, 0.29) is 0 Å². The van der Waals surface area contributed by atoms with Gasteiger partial charge < -0.3 is 15.2 Å². The van der Waals surface area contributed by atoms with Gasteiger partial charge in [-0.15, -0.1) is 11.3 Å². The van der Waals surface area contributed by atoms with Gasteiger partial charge in [0.2, 0.25) is 0 Å². The zero-order valence-corrected chi connectivity index (χ0v) is 21.5. The highest BCUT2D eigenvalue weighted by molar-refractivity contribution is 7.14. The molecule has 5 rings (SSSR count). The monoisotopic (exact) mass is 508 g/mol. The minimum atomic E-state index is -0.833. The molecule has 37 heavy (non-hydrogen) atoms. The molecule has 0 aliphatic carbocycles. The van der Waals surface area contributed by atoms with Crippen LogP contribution in [0.15, 0.2) is 121 Å². The van der Waals surface area contributed by atoms with Gasteiger partial charge in [-0.3, -0.25) is 4.79 Å². The van der Waals surface area contributed by atoms with Crippen molar-refractivity contribution in [2.24, 2.45) is 0 Å². The largest absolute Gasteiger partial charge is 0.496 e. The molecular weight excluding hydrogens is 480 g/mol. The number of hydrogen-bond donors (Lipinski definition) is 2. The zero-order valence-electron chi connectivity index (χ0n) is 20.7. The first-order chi connectivity index (χ1) is 18.0. The Labute approximate surface area is 221 Å². The second kappa shape index (κ2) is 12.0. The number of methoxy groups -OCH3 is 1. The van der Waals surface area contributed by atoms with Gasteiger partial charge in [-0.2, -0.15) is 0 Å². The van der Waals surface area contributed by atoms with Crippen molar-refractivity contribution in [2.45, 2.75) is 12.5 Å². The second-order valence-electron chi connectivity index (χ2n) is 8.23. The number of nitrogens with zero attached hydrogens (tertiary/aromatic N) is 1. The molecule has 0 bridgehead atoms. The number of nitrogens with one attached hydrogen (secondary N) is 1. The van der Waals surface area contributed by atoms with Gasteiger partial charge in [0.15, 0.2) is 5.13 Å². The number of benzene rings is 4. The van der Waals surface area contributed by atoms with Crippen molar-refractivity contribution >= 4 is 22.4 Å². The lowest BCUT2D eigenvalue weighted by atomic mass is 9.77. The Morgan fingerprint density at radius 2 is 1.22 bits per heavy atom. The van der Waals surface area contributed by atoms with Gasteiger partial charge in [0.25, 0.3) is 5.97 Å². The molecular formula is C31H28N2O3S. The molecule has 5 nitrogen and oxygen atoms in total. The van der Waals surface area contributed by atoms with Gasteiger partial charge >= 0.3 is 0 Å². The van der Waals surface area contributed by atoms with E-state index in [1.807, 2.05) is 42.5 Å². The summed E-state index contributed by atoms with van der Waals surface area (Å²) in [6.07, 6.45) is 0. The highest BCUT2D eigenvalue weighted by Crippen LogP contribution is 2.41. The van der Waals surface area contributed by atoms with Crippen LogP contribution in [0.4, 0.5) is 5.13 Å². The van der Waals surface area contributed by atoms with Crippen LogP contribution in [0, 0.1) is 0 Å². The number of aliphatic carboxylic acids is 1. The molecule has 4 aromatic carbocycles. The van der Waals surface area contributed by atoms with Gasteiger partial charge in [-0.05, 0) is 28.8 Å². The molecule has 0 unspecified atom stereocenters. The van der Waals surface area contributed by atoms with Crippen molar-refractivity contribution in [1.82, 2.24) is 4.98 Å². The molecule has 0 saturated heterocycles. The number of carboxylic acids is 1. The SMILES string of the molecule is CC(=O)O.COc1ccccc1-c1csc(NC(c2ccccc2)(c2ccccc2)c2ccccc2)n1. The number of thiazole rings is 1. The van der Waals surface area contributed by atoms with E-state index in [1.54, 1.807) is 18.4 Å². The Hall–Kier alpha value is -4.42. The average molecular weight is 509 g/mol. The van der Waals surface area contributed by atoms with Crippen molar-refractivity contribution in [3.05, 3.63) is 137 Å². The lowest BCUT2D eigenvalue weighted by molar-refractivity contribution is -0.134. The van der Waals surface area contributed by atoms with E-state index in [2.05, 4.69) is 83.5 Å². The maximum Gasteiger partial charge on any atom is 0.300 e. The van der Waals surface area contributed by atoms with Crippen LogP contribution in [0.25, 0.3) is 11.3 Å². The van der Waals surface area contributed by atoms with E-state index >= 15 is 0 Å². The lowest BCUT2D eigenvalue weighted by Gasteiger charge is -2.36. The molecule has 0 radical (unpaired) electrons. The van der Waals surface area contributed by atoms with E-state index in [0.29, 0.717) is 0 Å². The summed E-state index contributed by atoms with van der Waals surface area (Å²) in [7, 11) is 1.69. The second-order valence-corrected chi connectivity index (χ2v) is 9.09. The highest BCUT2D eigenvalue weighted by Gasteiger charge is 2.37. The maximum absolute atomic E-state index is 9.00. The predicted octanol–water partition coefficient (Wildman–Crippen LogP) is 7.31. The molecule has 1 heterocycles. The highest BCUT2D eigenvalue weighted by atomic mass is 32.1. The molecule has 0 saturated carbocycles. The Balaban J connectivity index is 0.000000747. The summed E-state index contributed by atoms with van der Waals surface area (Å²) in [4.78, 5) is 14.0. The molecule has 5 aromatic rings. The van der Waals surface area contributed by atoms with Crippen molar-refractivity contribution in [2.75, 3.05) is 12.4 Å². The Bertz CT molecular complexity index is 1320. The molecule has 186 valence electrons. The third-order valence-electron chi connectivity index (χ3n) is 5.80. The Morgan fingerprint density at radius 3 is 1.68 bits per heavy atom. The summed E-state index contributed by atoms with van der Waals surface area (Å²) < 4.78 is 5.56. The fraction of sp³-hybridized carbons (Fsp3) is 0.0968. The first kappa shape index (κ1) is 25.7. The van der Waals surface area contributed by atoms with Crippen LogP contribution in [-0.4, -0.2) is 23.2 Å². The van der Waals surface area contributed by atoms with Crippen LogP contribution in [0.1, 0.15) is 23.6 Å². The van der Waals surface area contributed by atoms with Crippen molar-refractivity contribution in [1.29, 1.82) is 0 Å². The Kier molecular flexibility index (Phi) is 8.33. The molecule has 0 aliphatic rings. The average Bonchev–Trinajstić information content (AvgIpc) is 3.41. The third-order valence-corrected chi connectivity index (χ3v) is 6.56. The quantitative estimate of drug-likeness (QED) is 0.226.